The van der Waals surface area contributed by atoms with Gasteiger partial charge in [-0.25, -0.2) is 9.97 Å². The highest BCUT2D eigenvalue weighted by atomic mass is 79.9. The monoisotopic (exact) mass is 385 g/mol. The largest absolute Gasteiger partial charge is 0.486 e. The highest BCUT2D eigenvalue weighted by molar-refractivity contribution is 9.11. The first-order chi connectivity index (χ1) is 9.15. The van der Waals surface area contributed by atoms with Gasteiger partial charge in [-0.3, -0.25) is 0 Å². The van der Waals surface area contributed by atoms with Gasteiger partial charge in [0.25, 0.3) is 0 Å². The van der Waals surface area contributed by atoms with Gasteiger partial charge in [-0.15, -0.1) is 0 Å². The maximum atomic E-state index is 5.77. The maximum Gasteiger partial charge on any atom is 0.175 e. The Balaban J connectivity index is 2.10. The second-order valence-corrected chi connectivity index (χ2v) is 5.62. The minimum Gasteiger partial charge on any atom is -0.486 e. The molecule has 19 heavy (non-hydrogen) atoms. The van der Waals surface area contributed by atoms with E-state index in [2.05, 4.69) is 41.8 Å². The number of fused-ring (bicyclic) bond motifs is 1. The molecule has 1 aromatic carbocycles. The number of halogens is 2. The van der Waals surface area contributed by atoms with Crippen molar-refractivity contribution in [2.45, 2.75) is 0 Å². The molecule has 0 atom stereocenters. The lowest BCUT2D eigenvalue weighted by Crippen LogP contribution is -2.15. The van der Waals surface area contributed by atoms with E-state index >= 15 is 0 Å². The molecule has 98 valence electrons. The van der Waals surface area contributed by atoms with Crippen molar-refractivity contribution >= 4 is 37.7 Å². The molecule has 0 unspecified atom stereocenters. The van der Waals surface area contributed by atoms with Crippen LogP contribution >= 0.6 is 31.9 Å². The van der Waals surface area contributed by atoms with Crippen LogP contribution in [0.2, 0.25) is 0 Å². The molecule has 0 spiro atoms. The van der Waals surface area contributed by atoms with E-state index in [9.17, 15) is 0 Å². The summed E-state index contributed by atoms with van der Waals surface area (Å²) in [6.45, 7) is 1.08. The molecule has 7 heteroatoms. The molecule has 0 amide bonds. The fourth-order valence-electron chi connectivity index (χ4n) is 1.76. The fourth-order valence-corrected chi connectivity index (χ4v) is 2.51. The lowest BCUT2D eigenvalue weighted by atomic mass is 10.2. The Morgan fingerprint density at radius 3 is 2.68 bits per heavy atom. The average Bonchev–Trinajstić information content (AvgIpc) is 2.42. The van der Waals surface area contributed by atoms with Crippen LogP contribution in [0.4, 0.5) is 5.82 Å². The summed E-state index contributed by atoms with van der Waals surface area (Å²) in [5.74, 6) is 2.33. The Morgan fingerprint density at radius 2 is 1.89 bits per heavy atom. The van der Waals surface area contributed by atoms with E-state index in [0.717, 1.165) is 10.0 Å². The Labute approximate surface area is 126 Å². The zero-order valence-electron chi connectivity index (χ0n) is 9.69. The van der Waals surface area contributed by atoms with Gasteiger partial charge >= 0.3 is 0 Å². The van der Waals surface area contributed by atoms with E-state index < -0.39 is 0 Å². The van der Waals surface area contributed by atoms with Gasteiger partial charge in [0.15, 0.2) is 17.3 Å². The van der Waals surface area contributed by atoms with Crippen LogP contribution in [0.5, 0.6) is 11.5 Å². The molecule has 1 aliphatic rings. The van der Waals surface area contributed by atoms with Crippen LogP contribution in [-0.2, 0) is 0 Å². The number of hydrogen-bond donors (Lipinski definition) is 1. The predicted molar refractivity (Wildman–Crippen MR) is 78.3 cm³/mol. The molecule has 5 nitrogen and oxygen atoms in total. The normalized spacial score (nSPS) is 13.4. The van der Waals surface area contributed by atoms with Crippen LogP contribution in [0, 0.1) is 0 Å². The summed E-state index contributed by atoms with van der Waals surface area (Å²) in [7, 11) is 0. The van der Waals surface area contributed by atoms with Crippen molar-refractivity contribution < 1.29 is 9.47 Å². The van der Waals surface area contributed by atoms with E-state index in [4.69, 9.17) is 15.2 Å². The van der Waals surface area contributed by atoms with E-state index in [-0.39, 0.29) is 0 Å². The minimum atomic E-state index is 0.399. The third-order valence-electron chi connectivity index (χ3n) is 2.63. The quantitative estimate of drug-likeness (QED) is 0.815. The number of nitrogen functional groups attached to an aromatic ring is 1. The Morgan fingerprint density at radius 1 is 1.11 bits per heavy atom. The second kappa shape index (κ2) is 4.97. The highest BCUT2D eigenvalue weighted by Crippen LogP contribution is 2.40. The van der Waals surface area contributed by atoms with Crippen molar-refractivity contribution in [3.05, 3.63) is 27.3 Å². The molecule has 0 aliphatic carbocycles. The number of nitrogens with two attached hydrogens (primary N) is 1. The molecule has 0 saturated carbocycles. The first-order valence-corrected chi connectivity index (χ1v) is 7.11. The van der Waals surface area contributed by atoms with Gasteiger partial charge in [0.2, 0.25) is 0 Å². The molecule has 2 aromatic rings. The number of nitrogens with zero attached hydrogens (tertiary/aromatic N) is 2. The summed E-state index contributed by atoms with van der Waals surface area (Å²) in [6, 6.07) is 3.73. The van der Waals surface area contributed by atoms with E-state index in [1.807, 2.05) is 12.1 Å². The second-order valence-electron chi connectivity index (χ2n) is 3.91. The number of hydrogen-bond acceptors (Lipinski definition) is 5. The SMILES string of the molecule is Nc1nc(-c2cc(Br)c3c(c2)OCCO3)ncc1Br. The van der Waals surface area contributed by atoms with Crippen LogP contribution in [0.25, 0.3) is 11.4 Å². The minimum absolute atomic E-state index is 0.399. The third kappa shape index (κ3) is 2.40. The van der Waals surface area contributed by atoms with Crippen molar-refractivity contribution in [2.24, 2.45) is 0 Å². The zero-order valence-corrected chi connectivity index (χ0v) is 12.9. The van der Waals surface area contributed by atoms with Gasteiger partial charge in [-0.2, -0.15) is 0 Å². The average molecular weight is 387 g/mol. The number of rotatable bonds is 1. The fraction of sp³-hybridized carbons (Fsp3) is 0.167. The van der Waals surface area contributed by atoms with Gasteiger partial charge in [0, 0.05) is 11.8 Å². The zero-order chi connectivity index (χ0) is 13.4. The molecular weight excluding hydrogens is 378 g/mol. The van der Waals surface area contributed by atoms with Crippen molar-refractivity contribution in [3.8, 4) is 22.9 Å². The molecule has 2 N–H and O–H groups in total. The first kappa shape index (κ1) is 12.7. The molecule has 0 bridgehead atoms. The maximum absolute atomic E-state index is 5.77. The lowest BCUT2D eigenvalue weighted by Gasteiger charge is -2.20. The van der Waals surface area contributed by atoms with Crippen LogP contribution < -0.4 is 15.2 Å². The van der Waals surface area contributed by atoms with Crippen LogP contribution in [0.1, 0.15) is 0 Å². The van der Waals surface area contributed by atoms with Gasteiger partial charge in [0.1, 0.15) is 19.0 Å². The molecule has 3 rings (SSSR count). The molecule has 1 aliphatic heterocycles. The number of ether oxygens (including phenoxy) is 2. The Hall–Kier alpha value is -1.34. The van der Waals surface area contributed by atoms with Crippen LogP contribution in [-0.4, -0.2) is 23.2 Å². The summed E-state index contributed by atoms with van der Waals surface area (Å²) in [4.78, 5) is 8.48. The van der Waals surface area contributed by atoms with Crippen molar-refractivity contribution in [3.63, 3.8) is 0 Å². The van der Waals surface area contributed by atoms with Crippen LogP contribution in [0.3, 0.4) is 0 Å². The summed E-state index contributed by atoms with van der Waals surface area (Å²) in [6.07, 6.45) is 1.63. The van der Waals surface area contributed by atoms with E-state index in [1.54, 1.807) is 6.20 Å². The lowest BCUT2D eigenvalue weighted by molar-refractivity contribution is 0.170. The van der Waals surface area contributed by atoms with Crippen LogP contribution in [0.15, 0.2) is 27.3 Å². The van der Waals surface area contributed by atoms with Gasteiger partial charge in [-0.05, 0) is 44.0 Å². The molecule has 1 aromatic heterocycles. The Kier molecular flexibility index (Phi) is 3.32. The number of aromatic nitrogens is 2. The van der Waals surface area contributed by atoms with Crippen molar-refractivity contribution in [2.75, 3.05) is 18.9 Å². The number of benzene rings is 1. The molecule has 2 heterocycles. The molecule has 0 radical (unpaired) electrons. The molecule has 0 fully saturated rings. The number of anilines is 1. The standard InChI is InChI=1S/C12H9Br2N3O2/c13-7-3-6(4-9-10(7)19-2-1-18-9)12-16-5-8(14)11(15)17-12/h3-5H,1-2H2,(H2,15,16,17). The van der Waals surface area contributed by atoms with Gasteiger partial charge in [-0.1, -0.05) is 0 Å². The molecule has 0 saturated heterocycles. The summed E-state index contributed by atoms with van der Waals surface area (Å²) in [5.41, 5.74) is 6.58. The van der Waals surface area contributed by atoms with E-state index in [1.165, 1.54) is 0 Å². The summed E-state index contributed by atoms with van der Waals surface area (Å²) >= 11 is 6.73. The van der Waals surface area contributed by atoms with Crippen molar-refractivity contribution in [1.82, 2.24) is 9.97 Å². The third-order valence-corrected chi connectivity index (χ3v) is 3.83. The smallest absolute Gasteiger partial charge is 0.175 e. The molecular formula is C12H9Br2N3O2. The Bertz CT molecular complexity index is 649. The van der Waals surface area contributed by atoms with E-state index in [0.29, 0.717) is 40.8 Å². The predicted octanol–water partition coefficient (Wildman–Crippen LogP) is 3.02. The summed E-state index contributed by atoms with van der Waals surface area (Å²) in [5, 5.41) is 0. The van der Waals surface area contributed by atoms with Crippen molar-refractivity contribution in [1.29, 1.82) is 0 Å². The first-order valence-electron chi connectivity index (χ1n) is 5.52. The highest BCUT2D eigenvalue weighted by Gasteiger charge is 2.18. The topological polar surface area (TPSA) is 70.3 Å². The van der Waals surface area contributed by atoms with Gasteiger partial charge < -0.3 is 15.2 Å². The van der Waals surface area contributed by atoms with Gasteiger partial charge in [0.05, 0.1) is 8.95 Å². The summed E-state index contributed by atoms with van der Waals surface area (Å²) < 4.78 is 12.6.